The highest BCUT2D eigenvalue weighted by Crippen LogP contribution is 2.20. The predicted octanol–water partition coefficient (Wildman–Crippen LogP) is 2.83. The van der Waals surface area contributed by atoms with Gasteiger partial charge in [-0.05, 0) is 43.5 Å². The summed E-state index contributed by atoms with van der Waals surface area (Å²) in [5.74, 6) is -0.327. The van der Waals surface area contributed by atoms with Crippen LogP contribution < -0.4 is 10.5 Å². The van der Waals surface area contributed by atoms with Crippen LogP contribution in [0.3, 0.4) is 0 Å². The molecule has 3 N–H and O–H groups in total. The molecule has 1 atom stereocenters. The number of nitrogens with one attached hydrogen (secondary N) is 1. The second-order valence-electron chi connectivity index (χ2n) is 5.87. The second kappa shape index (κ2) is 7.15. The Morgan fingerprint density at radius 3 is 2.29 bits per heavy atom. The van der Waals surface area contributed by atoms with E-state index in [4.69, 9.17) is 5.14 Å². The fraction of sp³-hybridized carbons (Fsp3) is 0.278. The molecule has 0 saturated heterocycles. The first-order valence-corrected chi connectivity index (χ1v) is 9.28. The zero-order valence-corrected chi connectivity index (χ0v) is 14.9. The van der Waals surface area contributed by atoms with Crippen molar-refractivity contribution in [2.24, 2.45) is 5.14 Å². The molecule has 0 radical (unpaired) electrons. The summed E-state index contributed by atoms with van der Waals surface area (Å²) >= 11 is 0. The molecule has 5 nitrogen and oxygen atoms in total. The van der Waals surface area contributed by atoms with Gasteiger partial charge >= 0.3 is 0 Å². The van der Waals surface area contributed by atoms with Crippen molar-refractivity contribution in [1.29, 1.82) is 0 Å². The van der Waals surface area contributed by atoms with E-state index in [0.29, 0.717) is 5.56 Å². The van der Waals surface area contributed by atoms with Crippen molar-refractivity contribution in [1.82, 2.24) is 5.32 Å². The summed E-state index contributed by atoms with van der Waals surface area (Å²) in [5, 5.41) is 8.14. The Morgan fingerprint density at radius 1 is 1.12 bits per heavy atom. The Morgan fingerprint density at radius 2 is 1.75 bits per heavy atom. The highest BCUT2D eigenvalue weighted by atomic mass is 32.2. The van der Waals surface area contributed by atoms with E-state index in [1.807, 2.05) is 38.1 Å². The van der Waals surface area contributed by atoms with E-state index in [-0.39, 0.29) is 22.4 Å². The van der Waals surface area contributed by atoms with Gasteiger partial charge in [0, 0.05) is 5.56 Å². The molecule has 0 saturated carbocycles. The lowest BCUT2D eigenvalue weighted by Gasteiger charge is -2.18. The fourth-order valence-corrected chi connectivity index (χ4v) is 3.32. The molecule has 6 heteroatoms. The second-order valence-corrected chi connectivity index (χ2v) is 7.40. The van der Waals surface area contributed by atoms with E-state index in [1.54, 1.807) is 19.1 Å². The van der Waals surface area contributed by atoms with Gasteiger partial charge in [0.15, 0.2) is 0 Å². The van der Waals surface area contributed by atoms with Gasteiger partial charge in [0.05, 0.1) is 10.9 Å². The van der Waals surface area contributed by atoms with Crippen molar-refractivity contribution in [3.8, 4) is 0 Å². The number of hydrogen-bond acceptors (Lipinski definition) is 3. The lowest BCUT2D eigenvalue weighted by atomic mass is 10.0. The number of sulfonamides is 1. The van der Waals surface area contributed by atoms with E-state index in [9.17, 15) is 13.2 Å². The van der Waals surface area contributed by atoms with Crippen LogP contribution in [0.2, 0.25) is 0 Å². The van der Waals surface area contributed by atoms with Crippen LogP contribution >= 0.6 is 0 Å². The van der Waals surface area contributed by atoms with Crippen LogP contribution in [-0.2, 0) is 10.0 Å². The van der Waals surface area contributed by atoms with Crippen LogP contribution in [-0.4, -0.2) is 14.3 Å². The number of rotatable bonds is 5. The number of carbonyl (C=O) groups is 1. The maximum Gasteiger partial charge on any atom is 0.251 e. The van der Waals surface area contributed by atoms with Crippen molar-refractivity contribution in [3.63, 3.8) is 0 Å². The minimum absolute atomic E-state index is 0.0291. The predicted molar refractivity (Wildman–Crippen MR) is 94.2 cm³/mol. The summed E-state index contributed by atoms with van der Waals surface area (Å²) in [6.45, 7) is 5.63. The third-order valence-corrected chi connectivity index (χ3v) is 5.00. The maximum absolute atomic E-state index is 12.5. The Hall–Kier alpha value is -2.18. The molecule has 2 aromatic rings. The fourth-order valence-electron chi connectivity index (χ4n) is 2.51. The van der Waals surface area contributed by atoms with E-state index in [2.05, 4.69) is 5.32 Å². The standard InChI is InChI=1S/C18H22N2O3S/c1-4-16(14-8-5-12(2)6-9-14)20-18(21)15-10-7-13(3)17(11-15)24(19,22)23/h5-11,16H,4H2,1-3H3,(H,20,21)(H2,19,22,23)/t16-/m1/s1. The van der Waals surface area contributed by atoms with E-state index in [1.165, 1.54) is 6.07 Å². The van der Waals surface area contributed by atoms with Gasteiger partial charge in [-0.2, -0.15) is 0 Å². The van der Waals surface area contributed by atoms with Gasteiger partial charge in [0.1, 0.15) is 0 Å². The minimum Gasteiger partial charge on any atom is -0.345 e. The van der Waals surface area contributed by atoms with Crippen LogP contribution in [0.5, 0.6) is 0 Å². The average Bonchev–Trinajstić information content (AvgIpc) is 2.52. The highest BCUT2D eigenvalue weighted by molar-refractivity contribution is 7.89. The Balaban J connectivity index is 2.27. The van der Waals surface area contributed by atoms with Crippen LogP contribution in [0.15, 0.2) is 47.4 Å². The van der Waals surface area contributed by atoms with Gasteiger partial charge < -0.3 is 5.32 Å². The quantitative estimate of drug-likeness (QED) is 0.872. The number of hydrogen-bond donors (Lipinski definition) is 2. The number of carbonyl (C=O) groups excluding carboxylic acids is 1. The van der Waals surface area contributed by atoms with Crippen molar-refractivity contribution in [2.45, 2.75) is 38.1 Å². The summed E-state index contributed by atoms with van der Waals surface area (Å²) in [4.78, 5) is 12.5. The first-order chi connectivity index (χ1) is 11.2. The average molecular weight is 346 g/mol. The molecule has 24 heavy (non-hydrogen) atoms. The minimum atomic E-state index is -3.86. The molecule has 1 amide bonds. The molecule has 0 fully saturated rings. The molecule has 0 aliphatic heterocycles. The molecule has 128 valence electrons. The zero-order valence-electron chi connectivity index (χ0n) is 14.0. The van der Waals surface area contributed by atoms with Gasteiger partial charge in [0.2, 0.25) is 10.0 Å². The summed E-state index contributed by atoms with van der Waals surface area (Å²) in [5.41, 5.74) is 2.95. The first kappa shape index (κ1) is 18.2. The van der Waals surface area contributed by atoms with Crippen LogP contribution in [0.1, 0.15) is 46.4 Å². The molecule has 0 aliphatic carbocycles. The molecule has 0 aromatic heterocycles. The lowest BCUT2D eigenvalue weighted by molar-refractivity contribution is 0.0935. The SMILES string of the molecule is CC[C@@H](NC(=O)c1ccc(C)c(S(N)(=O)=O)c1)c1ccc(C)cc1. The van der Waals surface area contributed by atoms with Crippen molar-refractivity contribution in [2.75, 3.05) is 0 Å². The Labute approximate surface area is 142 Å². The summed E-state index contributed by atoms with van der Waals surface area (Å²) in [6.07, 6.45) is 0.725. The van der Waals surface area contributed by atoms with Crippen LogP contribution in [0.4, 0.5) is 0 Å². The number of primary sulfonamides is 1. The van der Waals surface area contributed by atoms with Gasteiger partial charge in [-0.3, -0.25) is 4.79 Å². The lowest BCUT2D eigenvalue weighted by Crippen LogP contribution is -2.28. The normalized spacial score (nSPS) is 12.7. The third-order valence-electron chi connectivity index (χ3n) is 3.95. The van der Waals surface area contributed by atoms with Gasteiger partial charge in [-0.25, -0.2) is 13.6 Å². The van der Waals surface area contributed by atoms with Crippen molar-refractivity contribution in [3.05, 3.63) is 64.7 Å². The summed E-state index contributed by atoms with van der Waals surface area (Å²) < 4.78 is 23.2. The molecule has 0 bridgehead atoms. The highest BCUT2D eigenvalue weighted by Gasteiger charge is 2.18. The van der Waals surface area contributed by atoms with Gasteiger partial charge in [-0.15, -0.1) is 0 Å². The smallest absolute Gasteiger partial charge is 0.251 e. The van der Waals surface area contributed by atoms with Crippen LogP contribution in [0.25, 0.3) is 0 Å². The molecule has 0 spiro atoms. The monoisotopic (exact) mass is 346 g/mol. The summed E-state index contributed by atoms with van der Waals surface area (Å²) in [6, 6.07) is 12.3. The molecule has 0 aliphatic rings. The van der Waals surface area contributed by atoms with Crippen molar-refractivity contribution >= 4 is 15.9 Å². The number of benzene rings is 2. The molecule has 2 aromatic carbocycles. The molecular weight excluding hydrogens is 324 g/mol. The van der Waals surface area contributed by atoms with Gasteiger partial charge in [-0.1, -0.05) is 42.8 Å². The largest absolute Gasteiger partial charge is 0.345 e. The topological polar surface area (TPSA) is 89.3 Å². The van der Waals surface area contributed by atoms with E-state index < -0.39 is 10.0 Å². The third kappa shape index (κ3) is 4.21. The number of aryl methyl sites for hydroxylation is 2. The maximum atomic E-state index is 12.5. The number of amides is 1. The summed E-state index contributed by atoms with van der Waals surface area (Å²) in [7, 11) is -3.86. The van der Waals surface area contributed by atoms with E-state index in [0.717, 1.165) is 17.5 Å². The molecule has 0 heterocycles. The van der Waals surface area contributed by atoms with Gasteiger partial charge in [0.25, 0.3) is 5.91 Å². The number of nitrogens with two attached hydrogens (primary N) is 1. The molecular formula is C18H22N2O3S. The molecule has 0 unspecified atom stereocenters. The van der Waals surface area contributed by atoms with Crippen LogP contribution in [0, 0.1) is 13.8 Å². The van der Waals surface area contributed by atoms with Crippen molar-refractivity contribution < 1.29 is 13.2 Å². The van der Waals surface area contributed by atoms with E-state index >= 15 is 0 Å². The Kier molecular flexibility index (Phi) is 5.41. The molecule has 2 rings (SSSR count). The Bertz CT molecular complexity index is 843. The first-order valence-electron chi connectivity index (χ1n) is 7.73. The zero-order chi connectivity index (χ0) is 17.9.